The molecule has 1 fully saturated rings. The lowest BCUT2D eigenvalue weighted by Crippen LogP contribution is -2.57. The summed E-state index contributed by atoms with van der Waals surface area (Å²) in [6.07, 6.45) is 4.45. The van der Waals surface area contributed by atoms with Crippen LogP contribution in [-0.2, 0) is 11.3 Å². The van der Waals surface area contributed by atoms with Gasteiger partial charge in [-0.25, -0.2) is 4.39 Å². The van der Waals surface area contributed by atoms with Crippen LogP contribution in [0.15, 0.2) is 59.4 Å². The number of ketones is 1. The zero-order valence-corrected chi connectivity index (χ0v) is 22.7. The summed E-state index contributed by atoms with van der Waals surface area (Å²) in [4.78, 5) is 38.4. The number of aromatic nitrogens is 1. The fourth-order valence-electron chi connectivity index (χ4n) is 5.76. The minimum absolute atomic E-state index is 0.0107. The Morgan fingerprint density at radius 1 is 1.10 bits per heavy atom. The van der Waals surface area contributed by atoms with Crippen molar-refractivity contribution in [2.24, 2.45) is 11.8 Å². The normalized spacial score (nSPS) is 15.4. The molecular weight excluding hydrogens is 497 g/mol. The number of anilines is 1. The zero-order valence-electron chi connectivity index (χ0n) is 22.7. The van der Waals surface area contributed by atoms with Gasteiger partial charge in [-0.15, -0.1) is 0 Å². The molecule has 1 aromatic heterocycles. The van der Waals surface area contributed by atoms with Gasteiger partial charge < -0.3 is 10.8 Å². The van der Waals surface area contributed by atoms with Crippen molar-refractivity contribution in [2.75, 3.05) is 5.73 Å². The number of nitrogens with zero attached hydrogens (tertiary/aromatic N) is 1. The molecule has 1 aliphatic carbocycles. The van der Waals surface area contributed by atoms with E-state index in [0.717, 1.165) is 31.2 Å². The topological polar surface area (TPSA) is 114 Å². The second-order valence-corrected chi connectivity index (χ2v) is 11.0. The molecule has 0 saturated heterocycles. The number of nitrogens with one attached hydrogen (secondary N) is 1. The molecule has 7 nitrogen and oxygen atoms in total. The van der Waals surface area contributed by atoms with E-state index in [0.29, 0.717) is 24.2 Å². The average molecular weight is 534 g/mol. The van der Waals surface area contributed by atoms with E-state index in [1.807, 2.05) is 26.0 Å². The lowest BCUT2D eigenvalue weighted by Gasteiger charge is -2.38. The largest absolute Gasteiger partial charge is 0.480 e. The first-order valence-electron chi connectivity index (χ1n) is 13.4. The highest BCUT2D eigenvalue weighted by molar-refractivity contribution is 6.11. The van der Waals surface area contributed by atoms with Gasteiger partial charge in [0, 0.05) is 18.2 Å². The third-order valence-corrected chi connectivity index (χ3v) is 7.76. The number of carboxylic acids is 1. The highest BCUT2D eigenvalue weighted by Crippen LogP contribution is 2.38. The van der Waals surface area contributed by atoms with Crippen LogP contribution in [0.2, 0.25) is 0 Å². The first kappa shape index (κ1) is 28.2. The van der Waals surface area contributed by atoms with Crippen molar-refractivity contribution in [1.29, 1.82) is 0 Å². The summed E-state index contributed by atoms with van der Waals surface area (Å²) >= 11 is 0. The van der Waals surface area contributed by atoms with E-state index >= 15 is 0 Å². The predicted molar refractivity (Wildman–Crippen MR) is 150 cm³/mol. The first-order chi connectivity index (χ1) is 18.5. The summed E-state index contributed by atoms with van der Waals surface area (Å²) in [6.45, 7) is 6.02. The van der Waals surface area contributed by atoms with Gasteiger partial charge in [0.2, 0.25) is 0 Å². The number of hydrogen-bond donors (Lipinski definition) is 3. The summed E-state index contributed by atoms with van der Waals surface area (Å²) in [5.41, 5.74) is 7.04. The van der Waals surface area contributed by atoms with Crippen LogP contribution in [0.1, 0.15) is 73.0 Å². The van der Waals surface area contributed by atoms with Crippen LogP contribution in [0.25, 0.3) is 5.69 Å². The number of aryl methyl sites for hydroxylation is 1. The second kappa shape index (κ2) is 11.5. The van der Waals surface area contributed by atoms with E-state index in [9.17, 15) is 23.9 Å². The van der Waals surface area contributed by atoms with Crippen molar-refractivity contribution >= 4 is 17.6 Å². The van der Waals surface area contributed by atoms with Gasteiger partial charge in [-0.3, -0.25) is 24.3 Å². The minimum Gasteiger partial charge on any atom is -0.480 e. The van der Waals surface area contributed by atoms with E-state index in [4.69, 9.17) is 5.73 Å². The molecule has 0 unspecified atom stereocenters. The van der Waals surface area contributed by atoms with Crippen LogP contribution in [-0.4, -0.2) is 27.0 Å². The van der Waals surface area contributed by atoms with Gasteiger partial charge in [-0.05, 0) is 85.5 Å². The number of hydrogen-bond acceptors (Lipinski definition) is 5. The number of aliphatic carboxylic acids is 1. The van der Waals surface area contributed by atoms with Gasteiger partial charge >= 0.3 is 5.97 Å². The molecule has 0 bridgehead atoms. The van der Waals surface area contributed by atoms with Crippen molar-refractivity contribution in [3.8, 4) is 5.69 Å². The maximum Gasteiger partial charge on any atom is 0.324 e. The maximum atomic E-state index is 13.7. The minimum atomic E-state index is -0.988. The molecule has 1 saturated carbocycles. The van der Waals surface area contributed by atoms with Gasteiger partial charge in [-0.2, -0.15) is 0 Å². The van der Waals surface area contributed by atoms with E-state index in [-0.39, 0.29) is 28.8 Å². The molecule has 1 aliphatic rings. The molecule has 0 spiro atoms. The molecule has 4 N–H and O–H groups in total. The summed E-state index contributed by atoms with van der Waals surface area (Å²) in [5, 5.41) is 13.7. The molecule has 2 aromatic carbocycles. The summed E-state index contributed by atoms with van der Waals surface area (Å²) in [5.74, 6) is -1.33. The third-order valence-electron chi connectivity index (χ3n) is 7.76. The first-order valence-corrected chi connectivity index (χ1v) is 13.4. The highest BCUT2D eigenvalue weighted by atomic mass is 19.1. The molecule has 206 valence electrons. The number of nitrogens with two attached hydrogens (primary N) is 1. The smallest absolute Gasteiger partial charge is 0.324 e. The molecule has 39 heavy (non-hydrogen) atoms. The third kappa shape index (κ3) is 5.81. The molecule has 0 amide bonds. The molecular formula is C31H36FN3O4. The highest BCUT2D eigenvalue weighted by Gasteiger charge is 2.46. The average Bonchev–Trinajstić information content (AvgIpc) is 3.44. The Hall–Kier alpha value is -3.78. The predicted octanol–water partition coefficient (Wildman–Crippen LogP) is 5.25. The Morgan fingerprint density at radius 3 is 2.36 bits per heavy atom. The molecule has 0 aliphatic heterocycles. The van der Waals surface area contributed by atoms with Crippen molar-refractivity contribution in [3.63, 3.8) is 0 Å². The molecule has 8 heteroatoms. The van der Waals surface area contributed by atoms with Crippen LogP contribution >= 0.6 is 0 Å². The van der Waals surface area contributed by atoms with Crippen molar-refractivity contribution in [3.05, 3.63) is 93.0 Å². The molecule has 1 heterocycles. The van der Waals surface area contributed by atoms with Crippen LogP contribution in [0, 0.1) is 24.6 Å². The number of benzene rings is 2. The van der Waals surface area contributed by atoms with Gasteiger partial charge in [0.1, 0.15) is 17.2 Å². The number of halogens is 1. The van der Waals surface area contributed by atoms with E-state index in [1.165, 1.54) is 34.9 Å². The lowest BCUT2D eigenvalue weighted by atomic mass is 9.76. The summed E-state index contributed by atoms with van der Waals surface area (Å²) in [7, 11) is 0. The van der Waals surface area contributed by atoms with E-state index in [2.05, 4.69) is 5.32 Å². The lowest BCUT2D eigenvalue weighted by molar-refractivity contribution is -0.148. The fourth-order valence-corrected chi connectivity index (χ4v) is 5.76. The van der Waals surface area contributed by atoms with Crippen LogP contribution in [0.3, 0.4) is 0 Å². The molecule has 1 atom stereocenters. The maximum absolute atomic E-state index is 13.7. The van der Waals surface area contributed by atoms with Gasteiger partial charge in [-0.1, -0.05) is 38.8 Å². The van der Waals surface area contributed by atoms with E-state index in [1.54, 1.807) is 19.1 Å². The van der Waals surface area contributed by atoms with E-state index < -0.39 is 28.7 Å². The Morgan fingerprint density at radius 2 is 1.77 bits per heavy atom. The standard InChI is InChI=1S/C31H36FN3O4/c1-19(2)17-31(30(38)39,23-6-4-5-7-23)34-18-21-8-11-24(12-9-21)35-27(36)15-13-25(29(35)33)28(37)22-10-14-26(32)20(3)16-22/h8-16,19,23,34H,4-7,17-18,33H2,1-3H3,(H,38,39)/t31-/m0/s1. The van der Waals surface area contributed by atoms with Crippen LogP contribution < -0.4 is 16.6 Å². The Kier molecular flexibility index (Phi) is 8.35. The van der Waals surface area contributed by atoms with Gasteiger partial charge in [0.15, 0.2) is 5.78 Å². The second-order valence-electron chi connectivity index (χ2n) is 11.0. The number of pyridine rings is 1. The number of nitrogen functional groups attached to an aromatic ring is 1. The Balaban J connectivity index is 1.59. The van der Waals surface area contributed by atoms with Crippen molar-refractivity contribution in [1.82, 2.24) is 9.88 Å². The van der Waals surface area contributed by atoms with Crippen molar-refractivity contribution < 1.29 is 19.1 Å². The zero-order chi connectivity index (χ0) is 28.3. The quantitative estimate of drug-likeness (QED) is 0.307. The molecule has 0 radical (unpaired) electrons. The van der Waals surface area contributed by atoms with Crippen LogP contribution in [0.4, 0.5) is 10.2 Å². The van der Waals surface area contributed by atoms with Gasteiger partial charge in [0.05, 0.1) is 11.3 Å². The Bertz CT molecular complexity index is 1420. The molecule has 3 aromatic rings. The van der Waals surface area contributed by atoms with Crippen molar-refractivity contribution in [2.45, 2.75) is 65.0 Å². The SMILES string of the molecule is Cc1cc(C(=O)c2ccc(=O)n(-c3ccc(CN[C@](CC(C)C)(C(=O)O)C4CCCC4)cc3)c2N)ccc1F. The number of carbonyl (C=O) groups is 2. The van der Waals surface area contributed by atoms with Crippen LogP contribution in [0.5, 0.6) is 0 Å². The summed E-state index contributed by atoms with van der Waals surface area (Å²) < 4.78 is 15.0. The summed E-state index contributed by atoms with van der Waals surface area (Å²) in [6, 6.07) is 13.8. The molecule has 4 rings (SSSR count). The number of carboxylic acid groups (broad SMARTS) is 1. The Labute approximate surface area is 227 Å². The number of rotatable bonds is 10. The fraction of sp³-hybridized carbons (Fsp3) is 0.387. The monoisotopic (exact) mass is 533 g/mol. The number of carbonyl (C=O) groups excluding carboxylic acids is 1. The van der Waals surface area contributed by atoms with Gasteiger partial charge in [0.25, 0.3) is 5.56 Å².